The van der Waals surface area contributed by atoms with E-state index in [4.69, 9.17) is 4.74 Å². The second-order valence-electron chi connectivity index (χ2n) is 5.54. The second kappa shape index (κ2) is 9.07. The van der Waals surface area contributed by atoms with Crippen molar-refractivity contribution < 1.29 is 22.7 Å². The van der Waals surface area contributed by atoms with Gasteiger partial charge in [-0.25, -0.2) is 0 Å². The average Bonchev–Trinajstić information content (AvgIpc) is 2.63. The van der Waals surface area contributed by atoms with Gasteiger partial charge < -0.3 is 10.1 Å². The summed E-state index contributed by atoms with van der Waals surface area (Å²) in [4.78, 5) is 11.9. The lowest BCUT2D eigenvalue weighted by molar-refractivity contribution is -0.137. The maximum Gasteiger partial charge on any atom is 0.416 e. The first kappa shape index (κ1) is 19.5. The van der Waals surface area contributed by atoms with Gasteiger partial charge in [-0.1, -0.05) is 48.2 Å². The fourth-order valence-electron chi connectivity index (χ4n) is 2.07. The number of ether oxygens (including phenoxy) is 1. The highest BCUT2D eigenvalue weighted by Gasteiger charge is 2.30. The molecule has 0 spiro atoms. The molecule has 0 aliphatic carbocycles. The van der Waals surface area contributed by atoms with Crippen molar-refractivity contribution in [1.82, 2.24) is 5.32 Å². The van der Waals surface area contributed by atoms with Crippen LogP contribution < -0.4 is 5.32 Å². The quantitative estimate of drug-likeness (QED) is 0.823. The van der Waals surface area contributed by atoms with Gasteiger partial charge in [0.2, 0.25) is 5.91 Å². The van der Waals surface area contributed by atoms with Gasteiger partial charge in [0.05, 0.1) is 18.7 Å². The van der Waals surface area contributed by atoms with E-state index in [-0.39, 0.29) is 18.0 Å². The summed E-state index contributed by atoms with van der Waals surface area (Å²) >= 11 is 0. The minimum Gasteiger partial charge on any atom is -0.364 e. The molecule has 136 valence electrons. The highest BCUT2D eigenvalue weighted by molar-refractivity contribution is 5.80. The van der Waals surface area contributed by atoms with Crippen LogP contribution in [0.4, 0.5) is 13.2 Å². The first-order valence-electron chi connectivity index (χ1n) is 7.95. The molecule has 1 unspecified atom stereocenters. The summed E-state index contributed by atoms with van der Waals surface area (Å²) in [7, 11) is 0. The molecular weight excluding hydrogens is 343 g/mol. The molecule has 2 aromatic rings. The molecular formula is C20H18F3NO2. The standard InChI is InChI=1S/C20H18F3NO2/c1-15(26-14-17-7-3-2-4-8-17)19(25)24-12-6-10-16-9-5-11-18(13-16)20(21,22)23/h2-5,7-9,11,13,15H,12,14H2,1H3,(H,24,25). The number of benzene rings is 2. The van der Waals surface area contributed by atoms with E-state index in [0.717, 1.165) is 17.7 Å². The predicted molar refractivity (Wildman–Crippen MR) is 92.0 cm³/mol. The number of carbonyl (C=O) groups is 1. The van der Waals surface area contributed by atoms with Gasteiger partial charge in [0.15, 0.2) is 0 Å². The maximum absolute atomic E-state index is 12.6. The van der Waals surface area contributed by atoms with Crippen LogP contribution in [0.2, 0.25) is 0 Å². The van der Waals surface area contributed by atoms with Gasteiger partial charge in [-0.2, -0.15) is 13.2 Å². The van der Waals surface area contributed by atoms with Gasteiger partial charge in [-0.3, -0.25) is 4.79 Å². The topological polar surface area (TPSA) is 38.3 Å². The lowest BCUT2D eigenvalue weighted by atomic mass is 10.1. The number of carbonyl (C=O) groups excluding carboxylic acids is 1. The number of rotatable bonds is 5. The van der Waals surface area contributed by atoms with Crippen molar-refractivity contribution in [2.45, 2.75) is 25.8 Å². The normalized spacial score (nSPS) is 12.0. The van der Waals surface area contributed by atoms with E-state index in [2.05, 4.69) is 17.2 Å². The fourth-order valence-corrected chi connectivity index (χ4v) is 2.07. The molecule has 2 rings (SSSR count). The number of hydrogen-bond donors (Lipinski definition) is 1. The maximum atomic E-state index is 12.6. The molecule has 0 aliphatic heterocycles. The van der Waals surface area contributed by atoms with Gasteiger partial charge in [-0.05, 0) is 30.7 Å². The molecule has 0 fully saturated rings. The largest absolute Gasteiger partial charge is 0.416 e. The fraction of sp³-hybridized carbons (Fsp3) is 0.250. The summed E-state index contributed by atoms with van der Waals surface area (Å²) < 4.78 is 43.4. The van der Waals surface area contributed by atoms with E-state index in [1.807, 2.05) is 30.3 Å². The molecule has 3 nitrogen and oxygen atoms in total. The van der Waals surface area contributed by atoms with Crippen LogP contribution in [0.3, 0.4) is 0 Å². The Balaban J connectivity index is 1.80. The van der Waals surface area contributed by atoms with Crippen molar-refractivity contribution in [2.24, 2.45) is 0 Å². The third-order valence-electron chi connectivity index (χ3n) is 3.49. The molecule has 1 N–H and O–H groups in total. The van der Waals surface area contributed by atoms with Crippen LogP contribution >= 0.6 is 0 Å². The minimum absolute atomic E-state index is 0.0219. The Hall–Kier alpha value is -2.78. The number of amides is 1. The molecule has 0 radical (unpaired) electrons. The monoisotopic (exact) mass is 361 g/mol. The third-order valence-corrected chi connectivity index (χ3v) is 3.49. The molecule has 0 heterocycles. The third kappa shape index (κ3) is 6.26. The predicted octanol–water partition coefficient (Wildman–Crippen LogP) is 3.78. The first-order chi connectivity index (χ1) is 12.4. The van der Waals surface area contributed by atoms with Crippen LogP contribution in [-0.4, -0.2) is 18.6 Å². The van der Waals surface area contributed by atoms with E-state index >= 15 is 0 Å². The van der Waals surface area contributed by atoms with Gasteiger partial charge in [-0.15, -0.1) is 0 Å². The number of halogens is 3. The van der Waals surface area contributed by atoms with Crippen molar-refractivity contribution in [3.05, 3.63) is 71.3 Å². The number of alkyl halides is 3. The van der Waals surface area contributed by atoms with Gasteiger partial charge >= 0.3 is 6.18 Å². The smallest absolute Gasteiger partial charge is 0.364 e. The SMILES string of the molecule is CC(OCc1ccccc1)C(=O)NCC#Cc1cccc(C(F)(F)F)c1. The van der Waals surface area contributed by atoms with Crippen LogP contribution in [0.5, 0.6) is 0 Å². The summed E-state index contributed by atoms with van der Waals surface area (Å²) in [5.74, 6) is 4.90. The summed E-state index contributed by atoms with van der Waals surface area (Å²) in [5.41, 5.74) is 0.440. The molecule has 6 heteroatoms. The summed E-state index contributed by atoms with van der Waals surface area (Å²) in [6, 6.07) is 14.2. The van der Waals surface area contributed by atoms with Crippen LogP contribution in [0.1, 0.15) is 23.6 Å². The molecule has 0 aromatic heterocycles. The molecule has 1 amide bonds. The molecule has 0 saturated carbocycles. The highest BCUT2D eigenvalue weighted by atomic mass is 19.4. The van der Waals surface area contributed by atoms with Crippen LogP contribution in [0, 0.1) is 11.8 Å². The van der Waals surface area contributed by atoms with E-state index in [1.54, 1.807) is 6.92 Å². The van der Waals surface area contributed by atoms with Crippen molar-refractivity contribution in [2.75, 3.05) is 6.54 Å². The van der Waals surface area contributed by atoms with Gasteiger partial charge in [0.25, 0.3) is 0 Å². The van der Waals surface area contributed by atoms with E-state index in [1.165, 1.54) is 12.1 Å². The van der Waals surface area contributed by atoms with Crippen LogP contribution in [0.25, 0.3) is 0 Å². The zero-order chi connectivity index (χ0) is 19.0. The Labute approximate surface area is 150 Å². The summed E-state index contributed by atoms with van der Waals surface area (Å²) in [5, 5.41) is 2.57. The first-order valence-corrected chi connectivity index (χ1v) is 7.95. The zero-order valence-corrected chi connectivity index (χ0v) is 14.1. The molecule has 2 aromatic carbocycles. The van der Waals surface area contributed by atoms with E-state index in [0.29, 0.717) is 6.61 Å². The van der Waals surface area contributed by atoms with Crippen molar-refractivity contribution in [3.8, 4) is 11.8 Å². The van der Waals surface area contributed by atoms with E-state index in [9.17, 15) is 18.0 Å². The Morgan fingerprint density at radius 1 is 1.15 bits per heavy atom. The Morgan fingerprint density at radius 3 is 2.58 bits per heavy atom. The summed E-state index contributed by atoms with van der Waals surface area (Å²) in [6.45, 7) is 1.96. The van der Waals surface area contributed by atoms with Gasteiger partial charge in [0.1, 0.15) is 6.10 Å². The van der Waals surface area contributed by atoms with Crippen molar-refractivity contribution in [3.63, 3.8) is 0 Å². The van der Waals surface area contributed by atoms with Crippen LogP contribution in [0.15, 0.2) is 54.6 Å². The van der Waals surface area contributed by atoms with Gasteiger partial charge in [0, 0.05) is 5.56 Å². The zero-order valence-electron chi connectivity index (χ0n) is 14.1. The van der Waals surface area contributed by atoms with Crippen LogP contribution in [-0.2, 0) is 22.3 Å². The molecule has 0 saturated heterocycles. The molecule has 0 aliphatic rings. The lowest BCUT2D eigenvalue weighted by Gasteiger charge is -2.12. The average molecular weight is 361 g/mol. The minimum atomic E-state index is -4.41. The Kier molecular flexibility index (Phi) is 6.81. The Bertz CT molecular complexity index is 792. The number of nitrogens with one attached hydrogen (secondary N) is 1. The van der Waals surface area contributed by atoms with E-state index < -0.39 is 17.8 Å². The lowest BCUT2D eigenvalue weighted by Crippen LogP contribution is -2.34. The summed E-state index contributed by atoms with van der Waals surface area (Å²) in [6.07, 6.45) is -5.07. The molecule has 0 bridgehead atoms. The van der Waals surface area contributed by atoms with Crippen molar-refractivity contribution in [1.29, 1.82) is 0 Å². The number of hydrogen-bond acceptors (Lipinski definition) is 2. The molecule has 26 heavy (non-hydrogen) atoms. The Morgan fingerprint density at radius 2 is 1.88 bits per heavy atom. The second-order valence-corrected chi connectivity index (χ2v) is 5.54. The highest BCUT2D eigenvalue weighted by Crippen LogP contribution is 2.29. The van der Waals surface area contributed by atoms with Crippen molar-refractivity contribution >= 4 is 5.91 Å². The molecule has 1 atom stereocenters.